The predicted octanol–water partition coefficient (Wildman–Crippen LogP) is 5.61. The van der Waals surface area contributed by atoms with Crippen LogP contribution < -0.4 is 4.72 Å². The quantitative estimate of drug-likeness (QED) is 0.294. The number of alkyl halides is 3. The molecular formula is C24H22Cl2F3N5O4S. The third kappa shape index (κ3) is 5.85. The van der Waals surface area contributed by atoms with Crippen LogP contribution >= 0.6 is 23.2 Å². The summed E-state index contributed by atoms with van der Waals surface area (Å²) in [6, 6.07) is 9.19. The Morgan fingerprint density at radius 1 is 1.15 bits per heavy atom. The minimum Gasteiger partial charge on any atom is -0.448 e. The second-order valence-corrected chi connectivity index (χ2v) is 10.9. The lowest BCUT2D eigenvalue weighted by molar-refractivity contribution is -0.137. The summed E-state index contributed by atoms with van der Waals surface area (Å²) in [4.78, 5) is 16.1. The van der Waals surface area contributed by atoms with Gasteiger partial charge in [-0.3, -0.25) is 9.25 Å². The molecule has 4 rings (SSSR count). The second-order valence-electron chi connectivity index (χ2n) is 8.52. The fourth-order valence-corrected chi connectivity index (χ4v) is 5.98. The Labute approximate surface area is 231 Å². The number of benzene rings is 2. The van der Waals surface area contributed by atoms with E-state index in [1.807, 2.05) is 11.6 Å². The number of aromatic nitrogens is 4. The first-order chi connectivity index (χ1) is 18.2. The van der Waals surface area contributed by atoms with Gasteiger partial charge in [0.05, 0.1) is 33.9 Å². The third-order valence-corrected chi connectivity index (χ3v) is 8.16. The van der Waals surface area contributed by atoms with Gasteiger partial charge in [-0.25, -0.2) is 22.9 Å². The molecule has 1 N–H and O–H groups in total. The van der Waals surface area contributed by atoms with Crippen LogP contribution in [0.25, 0.3) is 16.7 Å². The van der Waals surface area contributed by atoms with Crippen molar-refractivity contribution in [2.45, 2.75) is 37.8 Å². The highest BCUT2D eigenvalue weighted by molar-refractivity contribution is 7.90. The average Bonchev–Trinajstić information content (AvgIpc) is 3.33. The molecule has 0 aliphatic rings. The van der Waals surface area contributed by atoms with E-state index in [-0.39, 0.29) is 34.3 Å². The highest BCUT2D eigenvalue weighted by atomic mass is 35.5. The highest BCUT2D eigenvalue weighted by Crippen LogP contribution is 2.38. The van der Waals surface area contributed by atoms with Gasteiger partial charge in [0.15, 0.2) is 0 Å². The van der Waals surface area contributed by atoms with Crippen molar-refractivity contribution in [3.05, 3.63) is 69.2 Å². The number of aryl methyl sites for hydroxylation is 3. The van der Waals surface area contributed by atoms with Gasteiger partial charge in [0, 0.05) is 25.6 Å². The van der Waals surface area contributed by atoms with Crippen molar-refractivity contribution in [1.82, 2.24) is 24.1 Å². The van der Waals surface area contributed by atoms with Gasteiger partial charge >= 0.3 is 12.3 Å². The SMILES string of the molecule is CCc1nc2cc(C(F)(F)F)c(Cl)cc2n1-c1ccc(CCOC(=O)NS(=O)(=O)c2c(C)nn(C)c2Cl)cc1. The number of halogens is 5. The number of fused-ring (bicyclic) bond motifs is 1. The first kappa shape index (κ1) is 28.7. The second kappa shape index (κ2) is 10.7. The van der Waals surface area contributed by atoms with Crippen molar-refractivity contribution >= 4 is 50.4 Å². The van der Waals surface area contributed by atoms with Gasteiger partial charge in [0.1, 0.15) is 15.9 Å². The van der Waals surface area contributed by atoms with Crippen LogP contribution in [0.2, 0.25) is 10.2 Å². The number of imidazole rings is 1. The topological polar surface area (TPSA) is 108 Å². The summed E-state index contributed by atoms with van der Waals surface area (Å²) in [7, 11) is -2.82. The van der Waals surface area contributed by atoms with E-state index in [1.165, 1.54) is 24.7 Å². The molecule has 15 heteroatoms. The van der Waals surface area contributed by atoms with Gasteiger partial charge in [-0.15, -0.1) is 0 Å². The molecule has 2 aromatic heterocycles. The lowest BCUT2D eigenvalue weighted by Gasteiger charge is -2.12. The fourth-order valence-electron chi connectivity index (χ4n) is 4.07. The van der Waals surface area contributed by atoms with E-state index in [0.717, 1.165) is 11.6 Å². The highest BCUT2D eigenvalue weighted by Gasteiger charge is 2.34. The van der Waals surface area contributed by atoms with Gasteiger partial charge in [0.25, 0.3) is 10.0 Å². The maximum absolute atomic E-state index is 13.3. The van der Waals surface area contributed by atoms with Crippen LogP contribution in [0, 0.1) is 6.92 Å². The Balaban J connectivity index is 1.45. The maximum atomic E-state index is 13.3. The zero-order valence-corrected chi connectivity index (χ0v) is 23.1. The van der Waals surface area contributed by atoms with E-state index in [1.54, 1.807) is 28.8 Å². The van der Waals surface area contributed by atoms with E-state index in [0.29, 0.717) is 23.4 Å². The largest absolute Gasteiger partial charge is 0.448 e. The van der Waals surface area contributed by atoms with Gasteiger partial charge in [-0.2, -0.15) is 18.3 Å². The zero-order chi connectivity index (χ0) is 28.7. The smallest absolute Gasteiger partial charge is 0.421 e. The predicted molar refractivity (Wildman–Crippen MR) is 139 cm³/mol. The molecule has 0 aliphatic carbocycles. The van der Waals surface area contributed by atoms with Crippen molar-refractivity contribution < 1.29 is 31.1 Å². The Bertz CT molecular complexity index is 1670. The standard InChI is InChI=1S/C24H22Cl2F3N5O4S/c1-4-20-30-18-11-16(24(27,28)29)17(25)12-19(18)34(20)15-7-5-14(6-8-15)9-10-38-23(35)32-39(36,37)21-13(2)31-33(3)22(21)26/h5-8,11-12H,4,9-10H2,1-3H3,(H,32,35). The molecule has 2 aromatic carbocycles. The first-order valence-corrected chi connectivity index (χ1v) is 13.7. The molecular weight excluding hydrogens is 582 g/mol. The summed E-state index contributed by atoms with van der Waals surface area (Å²) in [6.45, 7) is 3.16. The van der Waals surface area contributed by atoms with Gasteiger partial charge < -0.3 is 4.74 Å². The van der Waals surface area contributed by atoms with Crippen LogP contribution in [-0.2, 0) is 40.8 Å². The molecule has 0 aliphatic heterocycles. The summed E-state index contributed by atoms with van der Waals surface area (Å²) in [5, 5.41) is 3.35. The van der Waals surface area contributed by atoms with E-state index in [2.05, 4.69) is 10.1 Å². The van der Waals surface area contributed by atoms with Crippen molar-refractivity contribution in [3.63, 3.8) is 0 Å². The summed E-state index contributed by atoms with van der Waals surface area (Å²) in [6.07, 6.45) is -5.03. The molecule has 0 saturated carbocycles. The maximum Gasteiger partial charge on any atom is 0.421 e. The van der Waals surface area contributed by atoms with Gasteiger partial charge in [0.2, 0.25) is 0 Å². The van der Waals surface area contributed by atoms with Crippen LogP contribution in [0.4, 0.5) is 18.0 Å². The van der Waals surface area contributed by atoms with E-state index < -0.39 is 32.9 Å². The Kier molecular flexibility index (Phi) is 7.88. The molecule has 208 valence electrons. The monoisotopic (exact) mass is 603 g/mol. The fraction of sp³-hybridized carbons (Fsp3) is 0.292. The Morgan fingerprint density at radius 3 is 2.38 bits per heavy atom. The van der Waals surface area contributed by atoms with Crippen LogP contribution in [0.3, 0.4) is 0 Å². The zero-order valence-electron chi connectivity index (χ0n) is 20.8. The van der Waals surface area contributed by atoms with Crippen LogP contribution in [0.15, 0.2) is 41.3 Å². The van der Waals surface area contributed by atoms with Crippen molar-refractivity contribution in [3.8, 4) is 5.69 Å². The van der Waals surface area contributed by atoms with Crippen molar-refractivity contribution in [1.29, 1.82) is 0 Å². The van der Waals surface area contributed by atoms with E-state index in [9.17, 15) is 26.4 Å². The average molecular weight is 604 g/mol. The molecule has 0 bridgehead atoms. The molecule has 1 amide bonds. The summed E-state index contributed by atoms with van der Waals surface area (Å²) < 4.78 is 74.6. The van der Waals surface area contributed by atoms with Crippen molar-refractivity contribution in [2.75, 3.05) is 6.61 Å². The molecule has 2 heterocycles. The van der Waals surface area contributed by atoms with Crippen LogP contribution in [0.1, 0.15) is 29.6 Å². The number of carbonyl (C=O) groups excluding carboxylic acids is 1. The molecule has 9 nitrogen and oxygen atoms in total. The Morgan fingerprint density at radius 2 is 1.82 bits per heavy atom. The summed E-state index contributed by atoms with van der Waals surface area (Å²) >= 11 is 11.9. The molecule has 39 heavy (non-hydrogen) atoms. The molecule has 0 spiro atoms. The van der Waals surface area contributed by atoms with Crippen molar-refractivity contribution in [2.24, 2.45) is 7.05 Å². The lowest BCUT2D eigenvalue weighted by atomic mass is 10.1. The molecule has 4 aromatic rings. The van der Waals surface area contributed by atoms with Crippen LogP contribution in [0.5, 0.6) is 0 Å². The molecule has 0 unspecified atom stereocenters. The number of hydrogen-bond acceptors (Lipinski definition) is 6. The first-order valence-electron chi connectivity index (χ1n) is 11.5. The summed E-state index contributed by atoms with van der Waals surface area (Å²) in [5.74, 6) is 0.554. The third-order valence-electron chi connectivity index (χ3n) is 5.84. The number of nitrogens with zero attached hydrogens (tertiary/aromatic N) is 4. The number of hydrogen-bond donors (Lipinski definition) is 1. The molecule has 0 radical (unpaired) electrons. The number of amides is 1. The minimum atomic E-state index is -4.60. The van der Waals surface area contributed by atoms with E-state index in [4.69, 9.17) is 27.9 Å². The van der Waals surface area contributed by atoms with Crippen LogP contribution in [-0.4, -0.2) is 40.4 Å². The lowest BCUT2D eigenvalue weighted by Crippen LogP contribution is -2.32. The van der Waals surface area contributed by atoms with Gasteiger partial charge in [-0.05, 0) is 36.8 Å². The minimum absolute atomic E-state index is 0.121. The number of carbonyl (C=O) groups is 1. The number of ether oxygens (including phenoxy) is 1. The number of rotatable bonds is 7. The van der Waals surface area contributed by atoms with Gasteiger partial charge in [-0.1, -0.05) is 42.3 Å². The number of nitrogens with one attached hydrogen (secondary N) is 1. The summed E-state index contributed by atoms with van der Waals surface area (Å²) in [5.41, 5.74) is 1.20. The Hall–Kier alpha value is -3.29. The molecule has 0 atom stereocenters. The molecule has 0 saturated heterocycles. The number of sulfonamides is 1. The van der Waals surface area contributed by atoms with E-state index >= 15 is 0 Å². The molecule has 0 fully saturated rings. The normalized spacial score (nSPS) is 12.2.